The molecule has 0 radical (unpaired) electrons. The van der Waals surface area contributed by atoms with Gasteiger partial charge in [0.2, 0.25) is 0 Å². The van der Waals surface area contributed by atoms with Crippen LogP contribution in [0.15, 0.2) is 0 Å². The van der Waals surface area contributed by atoms with Crippen LogP contribution in [0, 0.1) is 0 Å². The van der Waals surface area contributed by atoms with E-state index < -0.39 is 74.6 Å². The number of aliphatic hydroxyl groups excluding tert-OH is 8. The number of aliphatic hydroxyl groups is 8. The third-order valence-electron chi connectivity index (χ3n) is 3.98. The largest absolute Gasteiger partial charge is 0.394 e. The van der Waals surface area contributed by atoms with E-state index in [9.17, 15) is 35.7 Å². The zero-order chi connectivity index (χ0) is 17.3. The fourth-order valence-corrected chi connectivity index (χ4v) is 2.57. The highest BCUT2D eigenvalue weighted by atomic mass is 16.7. The van der Waals surface area contributed by atoms with Gasteiger partial charge in [0.25, 0.3) is 0 Å². The fraction of sp³-hybridized carbons (Fsp3) is 1.00. The monoisotopic (exact) mass is 342 g/mol. The first kappa shape index (κ1) is 18.9. The van der Waals surface area contributed by atoms with Crippen molar-refractivity contribution in [3.8, 4) is 0 Å². The molecule has 1 unspecified atom stereocenters. The number of ether oxygens (including phenoxy) is 3. The van der Waals surface area contributed by atoms with E-state index in [1.165, 1.54) is 0 Å². The lowest BCUT2D eigenvalue weighted by molar-refractivity contribution is -0.355. The predicted octanol–water partition coefficient (Wildman–Crippen LogP) is -5.40. The summed E-state index contributed by atoms with van der Waals surface area (Å²) in [7, 11) is 0. The second-order valence-electron chi connectivity index (χ2n) is 5.53. The third kappa shape index (κ3) is 3.65. The molecule has 0 amide bonds. The van der Waals surface area contributed by atoms with E-state index in [0.29, 0.717) is 0 Å². The van der Waals surface area contributed by atoms with Crippen LogP contribution < -0.4 is 0 Å². The zero-order valence-corrected chi connectivity index (χ0v) is 12.0. The maximum Gasteiger partial charge on any atom is 0.187 e. The van der Waals surface area contributed by atoms with Gasteiger partial charge in [-0.15, -0.1) is 0 Å². The average Bonchev–Trinajstić information content (AvgIpc) is 2.55. The van der Waals surface area contributed by atoms with Gasteiger partial charge in [0, 0.05) is 0 Å². The van der Waals surface area contributed by atoms with Crippen LogP contribution in [-0.4, -0.2) is 115 Å². The molecule has 2 fully saturated rings. The SMILES string of the molecule is OC[C@@H]1O[C@H](O[C@@H]2[C@@H](O)[C@H](O)C(O)O[C@H]2CO)[C@@H](O)[C@H](O)[C@@H]1O. The van der Waals surface area contributed by atoms with Gasteiger partial charge in [-0.05, 0) is 0 Å². The molecule has 10 atom stereocenters. The first-order valence-electron chi connectivity index (χ1n) is 7.08. The predicted molar refractivity (Wildman–Crippen MR) is 68.6 cm³/mol. The van der Waals surface area contributed by atoms with Gasteiger partial charge < -0.3 is 55.1 Å². The lowest BCUT2D eigenvalue weighted by atomic mass is 9.97. The molecule has 11 heteroatoms. The molecule has 2 heterocycles. The van der Waals surface area contributed by atoms with E-state index in [1.807, 2.05) is 0 Å². The summed E-state index contributed by atoms with van der Waals surface area (Å²) in [6, 6.07) is 0. The number of rotatable bonds is 4. The van der Waals surface area contributed by atoms with Crippen molar-refractivity contribution in [2.75, 3.05) is 13.2 Å². The Kier molecular flexibility index (Phi) is 6.27. The molecule has 2 saturated heterocycles. The summed E-state index contributed by atoms with van der Waals surface area (Å²) in [6.07, 6.45) is -15.6. The molecular formula is C12H22O11. The highest BCUT2D eigenvalue weighted by molar-refractivity contribution is 4.93. The number of hydrogen-bond donors (Lipinski definition) is 8. The molecule has 2 aliphatic rings. The fourth-order valence-electron chi connectivity index (χ4n) is 2.57. The lowest BCUT2D eigenvalue weighted by Crippen LogP contribution is -2.64. The summed E-state index contributed by atoms with van der Waals surface area (Å²) in [5.74, 6) is 0. The molecule has 8 N–H and O–H groups in total. The first-order valence-corrected chi connectivity index (χ1v) is 7.08. The highest BCUT2D eigenvalue weighted by Gasteiger charge is 2.50. The van der Waals surface area contributed by atoms with Gasteiger partial charge in [-0.2, -0.15) is 0 Å². The zero-order valence-electron chi connectivity index (χ0n) is 12.0. The van der Waals surface area contributed by atoms with Crippen molar-refractivity contribution in [3.63, 3.8) is 0 Å². The van der Waals surface area contributed by atoms with E-state index >= 15 is 0 Å². The standard InChI is InChI=1S/C12H22O11/c13-1-3-5(15)6(16)9(19)12(22-3)23-10-4(2-14)21-11(20)8(18)7(10)17/h3-20H,1-2H2/t3-,4-,5+,6+,7-,8-,9-,10-,11?,12+/m0/s1. The van der Waals surface area contributed by atoms with Crippen molar-refractivity contribution in [1.82, 2.24) is 0 Å². The summed E-state index contributed by atoms with van der Waals surface area (Å²) in [6.45, 7) is -1.35. The Balaban J connectivity index is 2.11. The molecular weight excluding hydrogens is 320 g/mol. The summed E-state index contributed by atoms with van der Waals surface area (Å²) in [5.41, 5.74) is 0. The minimum atomic E-state index is -1.74. The Labute approximate surface area is 130 Å². The van der Waals surface area contributed by atoms with Crippen molar-refractivity contribution >= 4 is 0 Å². The average molecular weight is 342 g/mol. The second kappa shape index (κ2) is 7.63. The van der Waals surface area contributed by atoms with Crippen molar-refractivity contribution < 1.29 is 55.1 Å². The molecule has 0 spiro atoms. The van der Waals surface area contributed by atoms with Crippen LogP contribution in [0.5, 0.6) is 0 Å². The Morgan fingerprint density at radius 3 is 1.83 bits per heavy atom. The molecule has 23 heavy (non-hydrogen) atoms. The van der Waals surface area contributed by atoms with Crippen molar-refractivity contribution in [2.24, 2.45) is 0 Å². The molecule has 136 valence electrons. The maximum atomic E-state index is 9.94. The van der Waals surface area contributed by atoms with E-state index in [1.54, 1.807) is 0 Å². The molecule has 0 aromatic rings. The highest BCUT2D eigenvalue weighted by Crippen LogP contribution is 2.28. The van der Waals surface area contributed by atoms with E-state index in [0.717, 1.165) is 0 Å². The van der Waals surface area contributed by atoms with Gasteiger partial charge in [-0.1, -0.05) is 0 Å². The molecule has 0 saturated carbocycles. The van der Waals surface area contributed by atoms with Crippen molar-refractivity contribution in [3.05, 3.63) is 0 Å². The van der Waals surface area contributed by atoms with Gasteiger partial charge in [0.1, 0.15) is 48.8 Å². The molecule has 2 rings (SSSR count). The van der Waals surface area contributed by atoms with Crippen LogP contribution in [0.25, 0.3) is 0 Å². The molecule has 0 bridgehead atoms. The van der Waals surface area contributed by atoms with Gasteiger partial charge in [-0.3, -0.25) is 0 Å². The summed E-state index contributed by atoms with van der Waals surface area (Å²) in [4.78, 5) is 0. The van der Waals surface area contributed by atoms with Gasteiger partial charge in [0.15, 0.2) is 12.6 Å². The van der Waals surface area contributed by atoms with Crippen LogP contribution in [0.4, 0.5) is 0 Å². The Hall–Kier alpha value is -0.440. The van der Waals surface area contributed by atoms with E-state index in [2.05, 4.69) is 0 Å². The number of hydrogen-bond acceptors (Lipinski definition) is 11. The Morgan fingerprint density at radius 1 is 0.652 bits per heavy atom. The van der Waals surface area contributed by atoms with Gasteiger partial charge in [-0.25, -0.2) is 0 Å². The quantitative estimate of drug-likeness (QED) is 0.243. The molecule has 0 aliphatic carbocycles. The third-order valence-corrected chi connectivity index (χ3v) is 3.98. The van der Waals surface area contributed by atoms with Crippen LogP contribution in [0.1, 0.15) is 0 Å². The van der Waals surface area contributed by atoms with Gasteiger partial charge >= 0.3 is 0 Å². The summed E-state index contributed by atoms with van der Waals surface area (Å²) in [5, 5.41) is 76.5. The van der Waals surface area contributed by atoms with Gasteiger partial charge in [0.05, 0.1) is 13.2 Å². The normalized spacial score (nSPS) is 51.7. The first-order chi connectivity index (χ1) is 10.8. The molecule has 2 aliphatic heterocycles. The maximum absolute atomic E-state index is 9.94. The van der Waals surface area contributed by atoms with E-state index in [4.69, 9.17) is 19.3 Å². The second-order valence-corrected chi connectivity index (χ2v) is 5.53. The summed E-state index contributed by atoms with van der Waals surface area (Å²) >= 11 is 0. The van der Waals surface area contributed by atoms with Crippen molar-refractivity contribution in [1.29, 1.82) is 0 Å². The van der Waals surface area contributed by atoms with Crippen LogP contribution >= 0.6 is 0 Å². The van der Waals surface area contributed by atoms with Crippen LogP contribution in [-0.2, 0) is 14.2 Å². The van der Waals surface area contributed by atoms with E-state index in [-0.39, 0.29) is 0 Å². The lowest BCUT2D eigenvalue weighted by Gasteiger charge is -2.45. The Bertz CT molecular complexity index is 378. The minimum Gasteiger partial charge on any atom is -0.394 e. The van der Waals surface area contributed by atoms with Crippen LogP contribution in [0.2, 0.25) is 0 Å². The smallest absolute Gasteiger partial charge is 0.187 e. The topological polar surface area (TPSA) is 190 Å². The molecule has 0 aromatic heterocycles. The molecule has 0 aromatic carbocycles. The van der Waals surface area contributed by atoms with Crippen molar-refractivity contribution in [2.45, 2.75) is 61.4 Å². The minimum absolute atomic E-state index is 0.667. The Morgan fingerprint density at radius 2 is 1.26 bits per heavy atom. The summed E-state index contributed by atoms with van der Waals surface area (Å²) < 4.78 is 15.3. The molecule has 11 nitrogen and oxygen atoms in total. The van der Waals surface area contributed by atoms with Crippen LogP contribution in [0.3, 0.4) is 0 Å².